The number of methoxy groups -OCH3 is 1. The summed E-state index contributed by atoms with van der Waals surface area (Å²) in [6.07, 6.45) is 0. The first kappa shape index (κ1) is 13.1. The van der Waals surface area contributed by atoms with Crippen molar-refractivity contribution >= 4 is 51.6 Å². The number of esters is 1. The van der Waals surface area contributed by atoms with Gasteiger partial charge in [0.15, 0.2) is 0 Å². The Balaban J connectivity index is 2.74. The van der Waals surface area contributed by atoms with Crippen LogP contribution in [0, 0.1) is 0 Å². The average Bonchev–Trinajstić information content (AvgIpc) is 2.29. The van der Waals surface area contributed by atoms with Crippen LogP contribution in [0.2, 0.25) is 10.0 Å². The van der Waals surface area contributed by atoms with Crippen molar-refractivity contribution in [1.82, 2.24) is 0 Å². The number of benzene rings is 1. The van der Waals surface area contributed by atoms with E-state index in [1.807, 2.05) is 0 Å². The predicted octanol–water partition coefficient (Wildman–Crippen LogP) is 3.13. The Morgan fingerprint density at radius 2 is 2.06 bits per heavy atom. The van der Waals surface area contributed by atoms with Gasteiger partial charge in [-0.25, -0.2) is 4.79 Å². The lowest BCUT2D eigenvalue weighted by molar-refractivity contribution is -0.132. The molecule has 0 saturated carbocycles. The molecule has 0 aliphatic carbocycles. The van der Waals surface area contributed by atoms with Crippen LogP contribution in [0.25, 0.3) is 0 Å². The van der Waals surface area contributed by atoms with Crippen LogP contribution >= 0.6 is 34.8 Å². The molecule has 7 heteroatoms. The summed E-state index contributed by atoms with van der Waals surface area (Å²) in [7, 11) is 1.21. The number of carbonyl (C=O) groups is 1. The van der Waals surface area contributed by atoms with Gasteiger partial charge in [0, 0.05) is 0 Å². The molecule has 0 bridgehead atoms. The molecule has 1 rings (SSSR count). The van der Waals surface area contributed by atoms with Gasteiger partial charge in [0.2, 0.25) is 5.17 Å². The summed E-state index contributed by atoms with van der Waals surface area (Å²) in [5.41, 5.74) is 3.09. The third-order valence-electron chi connectivity index (χ3n) is 1.56. The molecule has 0 spiro atoms. The van der Waals surface area contributed by atoms with Crippen molar-refractivity contribution in [2.24, 2.45) is 5.10 Å². The molecule has 4 nitrogen and oxygen atoms in total. The highest BCUT2D eigenvalue weighted by atomic mass is 35.5. The van der Waals surface area contributed by atoms with Crippen LogP contribution in [0.5, 0.6) is 0 Å². The molecule has 1 aromatic carbocycles. The van der Waals surface area contributed by atoms with Gasteiger partial charge < -0.3 is 4.74 Å². The summed E-state index contributed by atoms with van der Waals surface area (Å²) >= 11 is 17.0. The van der Waals surface area contributed by atoms with E-state index in [0.717, 1.165) is 0 Å². The molecule has 0 aromatic heterocycles. The number of rotatable bonds is 3. The van der Waals surface area contributed by atoms with Gasteiger partial charge in [-0.05, 0) is 18.2 Å². The maximum Gasteiger partial charge on any atom is 0.370 e. The molecule has 0 aliphatic heterocycles. The van der Waals surface area contributed by atoms with Crippen LogP contribution in [-0.2, 0) is 9.53 Å². The fourth-order valence-corrected chi connectivity index (χ4v) is 1.23. The van der Waals surface area contributed by atoms with Crippen molar-refractivity contribution in [2.45, 2.75) is 0 Å². The number of hydrazone groups is 1. The number of halogens is 3. The Labute approximate surface area is 107 Å². The molecule has 0 unspecified atom stereocenters. The standard InChI is InChI=1S/C9H7Cl3N2O2/c1-16-9(15)8(12)14-13-5-2-3-6(10)7(11)4-5/h2-4,13H,1H3/b14-8+. The van der Waals surface area contributed by atoms with Gasteiger partial charge in [0.05, 0.1) is 22.8 Å². The van der Waals surface area contributed by atoms with Gasteiger partial charge in [-0.3, -0.25) is 5.43 Å². The minimum atomic E-state index is -0.728. The van der Waals surface area contributed by atoms with Gasteiger partial charge in [0.25, 0.3) is 0 Å². The summed E-state index contributed by atoms with van der Waals surface area (Å²) in [6.45, 7) is 0. The molecule has 0 atom stereocenters. The topological polar surface area (TPSA) is 50.7 Å². The second kappa shape index (κ2) is 5.94. The van der Waals surface area contributed by atoms with E-state index >= 15 is 0 Å². The number of hydrogen-bond donors (Lipinski definition) is 1. The van der Waals surface area contributed by atoms with Crippen LogP contribution in [0.4, 0.5) is 5.69 Å². The molecule has 86 valence electrons. The fraction of sp³-hybridized carbons (Fsp3) is 0.111. The SMILES string of the molecule is COC(=O)/C(Cl)=N\Nc1ccc(Cl)c(Cl)c1. The van der Waals surface area contributed by atoms with Crippen molar-refractivity contribution in [3.8, 4) is 0 Å². The lowest BCUT2D eigenvalue weighted by Crippen LogP contribution is -2.11. The van der Waals surface area contributed by atoms with Crippen LogP contribution in [-0.4, -0.2) is 18.2 Å². The number of ether oxygens (including phenoxy) is 1. The predicted molar refractivity (Wildman–Crippen MR) is 65.4 cm³/mol. The zero-order valence-electron chi connectivity index (χ0n) is 8.13. The Bertz CT molecular complexity index is 435. The molecular formula is C9H7Cl3N2O2. The molecule has 0 saturated heterocycles. The van der Waals surface area contributed by atoms with Gasteiger partial charge >= 0.3 is 5.97 Å². The van der Waals surface area contributed by atoms with E-state index in [-0.39, 0.29) is 5.17 Å². The minimum Gasteiger partial charge on any atom is -0.464 e. The number of hydrogen-bond acceptors (Lipinski definition) is 4. The first-order valence-corrected chi connectivity index (χ1v) is 5.20. The highest BCUT2D eigenvalue weighted by Crippen LogP contribution is 2.24. The van der Waals surface area contributed by atoms with E-state index in [2.05, 4.69) is 15.3 Å². The summed E-state index contributed by atoms with van der Waals surface area (Å²) in [5, 5.41) is 4.08. The van der Waals surface area contributed by atoms with E-state index in [1.165, 1.54) is 7.11 Å². The van der Waals surface area contributed by atoms with E-state index in [0.29, 0.717) is 15.7 Å². The van der Waals surface area contributed by atoms with Crippen LogP contribution in [0.1, 0.15) is 0 Å². The molecule has 0 heterocycles. The second-order valence-electron chi connectivity index (χ2n) is 2.63. The minimum absolute atomic E-state index is 0.312. The quantitative estimate of drug-likeness (QED) is 0.526. The maximum atomic E-state index is 10.9. The zero-order valence-corrected chi connectivity index (χ0v) is 10.4. The van der Waals surface area contributed by atoms with Gasteiger partial charge in [0.1, 0.15) is 0 Å². The van der Waals surface area contributed by atoms with E-state index in [4.69, 9.17) is 34.8 Å². The van der Waals surface area contributed by atoms with Crippen molar-refractivity contribution in [3.63, 3.8) is 0 Å². The summed E-state index contributed by atoms with van der Waals surface area (Å²) in [4.78, 5) is 10.9. The number of nitrogens with one attached hydrogen (secondary N) is 1. The molecular weight excluding hydrogens is 274 g/mol. The number of carbonyl (C=O) groups excluding carboxylic acids is 1. The Morgan fingerprint density at radius 1 is 1.38 bits per heavy atom. The first-order valence-electron chi connectivity index (χ1n) is 4.07. The van der Waals surface area contributed by atoms with Crippen molar-refractivity contribution in [3.05, 3.63) is 28.2 Å². The highest BCUT2D eigenvalue weighted by Gasteiger charge is 2.07. The molecule has 0 radical (unpaired) electrons. The molecule has 16 heavy (non-hydrogen) atoms. The molecule has 1 N–H and O–H groups in total. The third-order valence-corrected chi connectivity index (χ3v) is 2.53. The first-order chi connectivity index (χ1) is 7.54. The Morgan fingerprint density at radius 3 is 2.62 bits per heavy atom. The third kappa shape index (κ3) is 3.56. The zero-order chi connectivity index (χ0) is 12.1. The Hall–Kier alpha value is -0.970. The normalized spacial score (nSPS) is 11.1. The lowest BCUT2D eigenvalue weighted by Gasteiger charge is -2.02. The van der Waals surface area contributed by atoms with Gasteiger partial charge in [-0.1, -0.05) is 34.8 Å². The number of anilines is 1. The second-order valence-corrected chi connectivity index (χ2v) is 3.81. The lowest BCUT2D eigenvalue weighted by atomic mass is 10.3. The summed E-state index contributed by atoms with van der Waals surface area (Å²) in [6, 6.07) is 4.78. The van der Waals surface area contributed by atoms with E-state index < -0.39 is 5.97 Å². The van der Waals surface area contributed by atoms with Gasteiger partial charge in [-0.15, -0.1) is 0 Å². The molecule has 1 aromatic rings. The highest BCUT2D eigenvalue weighted by molar-refractivity contribution is 6.82. The van der Waals surface area contributed by atoms with E-state index in [9.17, 15) is 4.79 Å². The molecule has 0 amide bonds. The monoisotopic (exact) mass is 280 g/mol. The molecule has 0 fully saturated rings. The van der Waals surface area contributed by atoms with Crippen molar-refractivity contribution < 1.29 is 9.53 Å². The van der Waals surface area contributed by atoms with Crippen molar-refractivity contribution in [1.29, 1.82) is 0 Å². The van der Waals surface area contributed by atoms with E-state index in [1.54, 1.807) is 18.2 Å². The fourth-order valence-electron chi connectivity index (χ4n) is 0.809. The average molecular weight is 282 g/mol. The van der Waals surface area contributed by atoms with Gasteiger partial charge in [-0.2, -0.15) is 5.10 Å². The maximum absolute atomic E-state index is 10.9. The van der Waals surface area contributed by atoms with Crippen LogP contribution in [0.15, 0.2) is 23.3 Å². The summed E-state index contributed by atoms with van der Waals surface area (Å²) in [5.74, 6) is -0.728. The van der Waals surface area contributed by atoms with Crippen LogP contribution in [0.3, 0.4) is 0 Å². The number of nitrogens with zero attached hydrogens (tertiary/aromatic N) is 1. The summed E-state index contributed by atoms with van der Waals surface area (Å²) < 4.78 is 4.35. The molecule has 0 aliphatic rings. The largest absolute Gasteiger partial charge is 0.464 e. The smallest absolute Gasteiger partial charge is 0.370 e. The van der Waals surface area contributed by atoms with Crippen molar-refractivity contribution in [2.75, 3.05) is 12.5 Å². The Kier molecular flexibility index (Phi) is 4.86. The van der Waals surface area contributed by atoms with Crippen LogP contribution < -0.4 is 5.43 Å².